The normalized spacial score (nSPS) is 18.7. The van der Waals surface area contributed by atoms with Crippen molar-refractivity contribution in [3.8, 4) is 0 Å². The zero-order chi connectivity index (χ0) is 14.5. The highest BCUT2D eigenvalue weighted by Crippen LogP contribution is 2.17. The number of benzene rings is 1. The molecule has 0 bridgehead atoms. The quantitative estimate of drug-likeness (QED) is 0.795. The highest BCUT2D eigenvalue weighted by Gasteiger charge is 2.18. The van der Waals surface area contributed by atoms with E-state index in [0.29, 0.717) is 0 Å². The molecule has 1 aliphatic rings. The summed E-state index contributed by atoms with van der Waals surface area (Å²) < 4.78 is 11.0. The second-order valence-corrected chi connectivity index (χ2v) is 5.75. The molecule has 0 aliphatic carbocycles. The number of aliphatic hydroxyl groups excluding tert-OH is 1. The Morgan fingerprint density at radius 3 is 3.00 bits per heavy atom. The molecule has 1 fully saturated rings. The number of ether oxygens (including phenoxy) is 1. The molecule has 0 saturated carbocycles. The van der Waals surface area contributed by atoms with E-state index in [-0.39, 0.29) is 18.5 Å². The van der Waals surface area contributed by atoms with Gasteiger partial charge in [0.25, 0.3) is 0 Å². The van der Waals surface area contributed by atoms with Crippen LogP contribution in [0, 0.1) is 0 Å². The fraction of sp³-hybridized carbons (Fsp3) is 0.529. The Balaban J connectivity index is 0.00000176. The van der Waals surface area contributed by atoms with Gasteiger partial charge in [-0.25, -0.2) is 0 Å². The molecular formula is C17H24ClNO3. The first-order valence-corrected chi connectivity index (χ1v) is 7.75. The van der Waals surface area contributed by atoms with Crippen molar-refractivity contribution in [3.63, 3.8) is 0 Å². The molecule has 1 aliphatic heterocycles. The van der Waals surface area contributed by atoms with E-state index < -0.39 is 0 Å². The molecule has 1 atom stereocenters. The third-order valence-electron chi connectivity index (χ3n) is 4.06. The van der Waals surface area contributed by atoms with Gasteiger partial charge in [-0.1, -0.05) is 6.07 Å². The first-order chi connectivity index (χ1) is 10.3. The molecule has 1 aromatic carbocycles. The van der Waals surface area contributed by atoms with Crippen molar-refractivity contribution in [2.45, 2.75) is 25.4 Å². The molecule has 5 heteroatoms. The number of β-amino-alcohol motifs (C(OH)–C–C–N with tert-alkyl or cyclic N) is 1. The van der Waals surface area contributed by atoms with Gasteiger partial charge in [0.1, 0.15) is 5.58 Å². The summed E-state index contributed by atoms with van der Waals surface area (Å²) in [5, 5.41) is 10.6. The Hall–Kier alpha value is -1.07. The van der Waals surface area contributed by atoms with Crippen molar-refractivity contribution in [1.29, 1.82) is 0 Å². The second-order valence-electron chi connectivity index (χ2n) is 5.75. The number of rotatable bonds is 7. The molecule has 1 unspecified atom stereocenters. The average molecular weight is 326 g/mol. The Morgan fingerprint density at radius 1 is 1.27 bits per heavy atom. The molecule has 0 spiro atoms. The Morgan fingerprint density at radius 2 is 2.18 bits per heavy atom. The summed E-state index contributed by atoms with van der Waals surface area (Å²) in [5.74, 6) is 0. The Labute approximate surface area is 137 Å². The number of nitrogens with zero attached hydrogens (tertiary/aromatic N) is 1. The zero-order valence-corrected chi connectivity index (χ0v) is 13.6. The van der Waals surface area contributed by atoms with Crippen molar-refractivity contribution in [2.24, 2.45) is 0 Å². The number of hydrogen-bond donors (Lipinski definition) is 1. The molecule has 3 rings (SSSR count). The summed E-state index contributed by atoms with van der Waals surface area (Å²) in [5.41, 5.74) is 2.22. The largest absolute Gasteiger partial charge is 0.464 e. The third kappa shape index (κ3) is 4.71. The molecule has 2 heterocycles. The maximum absolute atomic E-state index is 9.45. The van der Waals surface area contributed by atoms with Crippen LogP contribution >= 0.6 is 12.4 Å². The topological polar surface area (TPSA) is 45.8 Å². The van der Waals surface area contributed by atoms with Crippen LogP contribution in [0.4, 0.5) is 0 Å². The van der Waals surface area contributed by atoms with E-state index in [1.165, 1.54) is 5.56 Å². The van der Waals surface area contributed by atoms with Crippen LogP contribution in [0.1, 0.15) is 18.4 Å². The summed E-state index contributed by atoms with van der Waals surface area (Å²) in [7, 11) is 0. The van der Waals surface area contributed by atoms with Crippen LogP contribution in [0.25, 0.3) is 11.0 Å². The number of aliphatic hydroxyl groups is 1. The van der Waals surface area contributed by atoms with E-state index in [1.807, 2.05) is 12.1 Å². The van der Waals surface area contributed by atoms with E-state index in [4.69, 9.17) is 9.15 Å². The van der Waals surface area contributed by atoms with Gasteiger partial charge in [0, 0.05) is 31.6 Å². The summed E-state index contributed by atoms with van der Waals surface area (Å²) >= 11 is 0. The molecule has 122 valence electrons. The number of furan rings is 1. The minimum absolute atomic E-state index is 0. The molecule has 1 N–H and O–H groups in total. The van der Waals surface area contributed by atoms with Crippen molar-refractivity contribution in [2.75, 3.05) is 32.8 Å². The number of halogens is 1. The van der Waals surface area contributed by atoms with Crippen LogP contribution in [-0.2, 0) is 11.2 Å². The van der Waals surface area contributed by atoms with E-state index in [2.05, 4.69) is 17.0 Å². The van der Waals surface area contributed by atoms with E-state index >= 15 is 0 Å². The zero-order valence-electron chi connectivity index (χ0n) is 12.7. The highest BCUT2D eigenvalue weighted by molar-refractivity contribution is 5.85. The van der Waals surface area contributed by atoms with Crippen LogP contribution in [0.5, 0.6) is 0 Å². The molecule has 0 radical (unpaired) electrons. The lowest BCUT2D eigenvalue weighted by molar-refractivity contribution is 0.122. The van der Waals surface area contributed by atoms with E-state index in [1.54, 1.807) is 6.26 Å². The van der Waals surface area contributed by atoms with Gasteiger partial charge in [0.15, 0.2) is 0 Å². The van der Waals surface area contributed by atoms with Crippen LogP contribution in [-0.4, -0.2) is 49.0 Å². The minimum Gasteiger partial charge on any atom is -0.464 e. The molecule has 2 aromatic rings. The van der Waals surface area contributed by atoms with E-state index in [9.17, 15) is 5.11 Å². The molecule has 1 aromatic heterocycles. The molecule has 4 nitrogen and oxygen atoms in total. The SMILES string of the molecule is Cl.OC1CCN(CCCOCCc2ccc3occc3c2)C1. The van der Waals surface area contributed by atoms with Crippen LogP contribution in [0.3, 0.4) is 0 Å². The minimum atomic E-state index is -0.122. The van der Waals surface area contributed by atoms with Crippen molar-refractivity contribution in [3.05, 3.63) is 36.1 Å². The van der Waals surface area contributed by atoms with Crippen LogP contribution in [0.15, 0.2) is 34.9 Å². The lowest BCUT2D eigenvalue weighted by Gasteiger charge is -2.14. The summed E-state index contributed by atoms with van der Waals surface area (Å²) in [6, 6.07) is 8.27. The van der Waals surface area contributed by atoms with Gasteiger partial charge < -0.3 is 19.2 Å². The average Bonchev–Trinajstić information content (AvgIpc) is 3.11. The molecule has 1 saturated heterocycles. The van der Waals surface area contributed by atoms with E-state index in [0.717, 1.165) is 63.1 Å². The predicted molar refractivity (Wildman–Crippen MR) is 89.7 cm³/mol. The van der Waals surface area contributed by atoms with Crippen molar-refractivity contribution < 1.29 is 14.3 Å². The van der Waals surface area contributed by atoms with Gasteiger partial charge in [0.2, 0.25) is 0 Å². The van der Waals surface area contributed by atoms with Gasteiger partial charge in [-0.2, -0.15) is 0 Å². The monoisotopic (exact) mass is 325 g/mol. The fourth-order valence-corrected chi connectivity index (χ4v) is 2.87. The molecule has 22 heavy (non-hydrogen) atoms. The van der Waals surface area contributed by atoms with Gasteiger partial charge in [0.05, 0.1) is 19.0 Å². The summed E-state index contributed by atoms with van der Waals surface area (Å²) in [4.78, 5) is 2.31. The second kappa shape index (κ2) is 8.53. The number of fused-ring (bicyclic) bond motifs is 1. The fourth-order valence-electron chi connectivity index (χ4n) is 2.87. The number of likely N-dealkylation sites (tertiary alicyclic amines) is 1. The first-order valence-electron chi connectivity index (χ1n) is 7.75. The lowest BCUT2D eigenvalue weighted by Crippen LogP contribution is -2.24. The molecule has 0 amide bonds. The maximum atomic E-state index is 9.45. The van der Waals surface area contributed by atoms with Crippen LogP contribution < -0.4 is 0 Å². The van der Waals surface area contributed by atoms with Gasteiger partial charge >= 0.3 is 0 Å². The lowest BCUT2D eigenvalue weighted by atomic mass is 10.1. The van der Waals surface area contributed by atoms with Gasteiger partial charge in [-0.3, -0.25) is 0 Å². The maximum Gasteiger partial charge on any atom is 0.133 e. The first kappa shape index (κ1) is 17.3. The Kier molecular flexibility index (Phi) is 6.70. The summed E-state index contributed by atoms with van der Waals surface area (Å²) in [6.45, 7) is 4.42. The Bertz CT molecular complexity index is 572. The highest BCUT2D eigenvalue weighted by atomic mass is 35.5. The standard InChI is InChI=1S/C17H23NO3.ClH/c19-16-4-8-18(13-16)7-1-9-20-10-5-14-2-3-17-15(12-14)6-11-21-17;/h2-3,6,11-12,16,19H,1,4-5,7-10,13H2;1H. The smallest absolute Gasteiger partial charge is 0.133 e. The van der Waals surface area contributed by atoms with Crippen molar-refractivity contribution >= 4 is 23.4 Å². The number of hydrogen-bond acceptors (Lipinski definition) is 4. The summed E-state index contributed by atoms with van der Waals surface area (Å²) in [6.07, 6.45) is 4.48. The van der Waals surface area contributed by atoms with Gasteiger partial charge in [-0.05, 0) is 43.0 Å². The molecular weight excluding hydrogens is 302 g/mol. The van der Waals surface area contributed by atoms with Gasteiger partial charge in [-0.15, -0.1) is 12.4 Å². The van der Waals surface area contributed by atoms with Crippen LogP contribution in [0.2, 0.25) is 0 Å². The predicted octanol–water partition coefficient (Wildman–Crippen LogP) is 2.87. The van der Waals surface area contributed by atoms with Crippen molar-refractivity contribution in [1.82, 2.24) is 4.90 Å². The third-order valence-corrected chi connectivity index (χ3v) is 4.06.